The first-order valence-corrected chi connectivity index (χ1v) is 7.61. The van der Waals surface area contributed by atoms with Crippen molar-refractivity contribution in [2.24, 2.45) is 0 Å². The maximum Gasteiger partial charge on any atom is 0.242 e. The molecule has 4 nitrogen and oxygen atoms in total. The van der Waals surface area contributed by atoms with Gasteiger partial charge in [0.25, 0.3) is 0 Å². The molecule has 1 rings (SSSR count). The average Bonchev–Trinajstić information content (AvgIpc) is 2.49. The second-order valence-corrected chi connectivity index (χ2v) is 5.26. The summed E-state index contributed by atoms with van der Waals surface area (Å²) < 4.78 is 0. The Morgan fingerprint density at radius 1 is 1.14 bits per heavy atom. The molecular weight excluding hydrogens is 264 g/mol. The molecule has 0 saturated carbocycles. The van der Waals surface area contributed by atoms with E-state index in [2.05, 4.69) is 6.92 Å². The number of para-hydroxylation sites is 1. The van der Waals surface area contributed by atoms with Gasteiger partial charge in [-0.2, -0.15) is 0 Å². The topological polar surface area (TPSA) is 40.6 Å². The molecule has 116 valence electrons. The molecule has 0 aliphatic heterocycles. The number of aryl methyl sites for hydroxylation is 1. The van der Waals surface area contributed by atoms with Gasteiger partial charge in [-0.1, -0.05) is 38.5 Å². The first-order chi connectivity index (χ1) is 10.0. The quantitative estimate of drug-likeness (QED) is 0.774. The van der Waals surface area contributed by atoms with Gasteiger partial charge in [0.15, 0.2) is 0 Å². The molecule has 0 saturated heterocycles. The Kier molecular flexibility index (Phi) is 6.92. The highest BCUT2D eigenvalue weighted by atomic mass is 16.2. The number of carbonyl (C=O) groups is 2. The molecule has 2 amide bonds. The number of nitrogens with zero attached hydrogens (tertiary/aromatic N) is 2. The van der Waals surface area contributed by atoms with Gasteiger partial charge in [-0.05, 0) is 24.5 Å². The Morgan fingerprint density at radius 3 is 2.38 bits per heavy atom. The van der Waals surface area contributed by atoms with Crippen LogP contribution in [0.5, 0.6) is 0 Å². The molecule has 1 aromatic carbocycles. The number of benzene rings is 1. The van der Waals surface area contributed by atoms with E-state index in [0.29, 0.717) is 0 Å². The van der Waals surface area contributed by atoms with Crippen LogP contribution < -0.4 is 4.90 Å². The molecular formula is C17H26N2O2. The fraction of sp³-hybridized carbons (Fsp3) is 0.529. The van der Waals surface area contributed by atoms with Gasteiger partial charge in [0.05, 0.1) is 0 Å². The van der Waals surface area contributed by atoms with Gasteiger partial charge in [-0.3, -0.25) is 9.59 Å². The van der Waals surface area contributed by atoms with Gasteiger partial charge in [-0.25, -0.2) is 0 Å². The molecule has 0 aliphatic rings. The smallest absolute Gasteiger partial charge is 0.242 e. The number of hydrogen-bond acceptors (Lipinski definition) is 2. The van der Waals surface area contributed by atoms with Crippen molar-refractivity contribution in [1.82, 2.24) is 4.90 Å². The SMILES string of the molecule is CCCCN(C)C(=O)CN(C(C)=O)c1ccccc1CC. The summed E-state index contributed by atoms with van der Waals surface area (Å²) in [5, 5.41) is 0. The van der Waals surface area contributed by atoms with Gasteiger partial charge in [0.1, 0.15) is 6.54 Å². The molecule has 0 bridgehead atoms. The summed E-state index contributed by atoms with van der Waals surface area (Å²) in [5.74, 6) is -0.127. The molecule has 0 unspecified atom stereocenters. The number of anilines is 1. The maximum atomic E-state index is 12.3. The van der Waals surface area contributed by atoms with Crippen molar-refractivity contribution in [1.29, 1.82) is 0 Å². The minimum Gasteiger partial charge on any atom is -0.344 e. The minimum absolute atomic E-state index is 0.0236. The van der Waals surface area contributed by atoms with Gasteiger partial charge >= 0.3 is 0 Å². The van der Waals surface area contributed by atoms with E-state index < -0.39 is 0 Å². The fourth-order valence-electron chi connectivity index (χ4n) is 2.22. The summed E-state index contributed by atoms with van der Waals surface area (Å²) in [6.45, 7) is 6.48. The average molecular weight is 290 g/mol. The second-order valence-electron chi connectivity index (χ2n) is 5.26. The van der Waals surface area contributed by atoms with Crippen LogP contribution in [-0.2, 0) is 16.0 Å². The Morgan fingerprint density at radius 2 is 1.81 bits per heavy atom. The minimum atomic E-state index is -0.104. The summed E-state index contributed by atoms with van der Waals surface area (Å²) in [6, 6.07) is 7.75. The summed E-state index contributed by atoms with van der Waals surface area (Å²) in [5.41, 5.74) is 1.92. The lowest BCUT2D eigenvalue weighted by Crippen LogP contribution is -2.41. The Bertz CT molecular complexity index is 485. The Balaban J connectivity index is 2.88. The third-order valence-corrected chi connectivity index (χ3v) is 3.61. The predicted octanol–water partition coefficient (Wildman–Crippen LogP) is 2.86. The van der Waals surface area contributed by atoms with Crippen molar-refractivity contribution in [2.45, 2.75) is 40.0 Å². The van der Waals surface area contributed by atoms with Crippen molar-refractivity contribution in [2.75, 3.05) is 25.0 Å². The van der Waals surface area contributed by atoms with E-state index in [4.69, 9.17) is 0 Å². The van der Waals surface area contributed by atoms with Crippen LogP contribution in [0.4, 0.5) is 5.69 Å². The number of hydrogen-bond donors (Lipinski definition) is 0. The highest BCUT2D eigenvalue weighted by Crippen LogP contribution is 2.21. The summed E-state index contributed by atoms with van der Waals surface area (Å²) in [6.07, 6.45) is 2.86. The van der Waals surface area contributed by atoms with E-state index >= 15 is 0 Å². The summed E-state index contributed by atoms with van der Waals surface area (Å²) >= 11 is 0. The summed E-state index contributed by atoms with van der Waals surface area (Å²) in [7, 11) is 1.79. The third kappa shape index (κ3) is 4.88. The maximum absolute atomic E-state index is 12.3. The zero-order valence-corrected chi connectivity index (χ0v) is 13.6. The molecule has 0 spiro atoms. The van der Waals surface area contributed by atoms with Gasteiger partial charge in [0, 0.05) is 26.2 Å². The van der Waals surface area contributed by atoms with Crippen LogP contribution in [0, 0.1) is 0 Å². The molecule has 21 heavy (non-hydrogen) atoms. The molecule has 0 N–H and O–H groups in total. The lowest BCUT2D eigenvalue weighted by molar-refractivity contribution is -0.130. The number of amides is 2. The number of unbranched alkanes of at least 4 members (excludes halogenated alkanes) is 1. The van der Waals surface area contributed by atoms with Crippen LogP contribution in [0.15, 0.2) is 24.3 Å². The van der Waals surface area contributed by atoms with E-state index in [1.54, 1.807) is 16.8 Å². The predicted molar refractivity (Wildman–Crippen MR) is 86.4 cm³/mol. The molecule has 0 aliphatic carbocycles. The molecule has 0 heterocycles. The second kappa shape index (κ2) is 8.45. The lowest BCUT2D eigenvalue weighted by atomic mass is 10.1. The molecule has 0 fully saturated rings. The van der Waals surface area contributed by atoms with Crippen LogP contribution in [-0.4, -0.2) is 36.9 Å². The van der Waals surface area contributed by atoms with Gasteiger partial charge in [0.2, 0.25) is 11.8 Å². The lowest BCUT2D eigenvalue weighted by Gasteiger charge is -2.26. The van der Waals surface area contributed by atoms with Crippen LogP contribution >= 0.6 is 0 Å². The van der Waals surface area contributed by atoms with E-state index in [0.717, 1.165) is 37.1 Å². The first-order valence-electron chi connectivity index (χ1n) is 7.61. The highest BCUT2D eigenvalue weighted by molar-refractivity contribution is 5.98. The molecule has 1 aromatic rings. The largest absolute Gasteiger partial charge is 0.344 e. The van der Waals surface area contributed by atoms with E-state index in [-0.39, 0.29) is 18.4 Å². The van der Waals surface area contributed by atoms with Crippen LogP contribution in [0.1, 0.15) is 39.2 Å². The zero-order valence-electron chi connectivity index (χ0n) is 13.6. The molecule has 0 radical (unpaired) electrons. The van der Waals surface area contributed by atoms with Gasteiger partial charge < -0.3 is 9.80 Å². The van der Waals surface area contributed by atoms with Crippen molar-refractivity contribution >= 4 is 17.5 Å². The highest BCUT2D eigenvalue weighted by Gasteiger charge is 2.19. The van der Waals surface area contributed by atoms with Gasteiger partial charge in [-0.15, -0.1) is 0 Å². The Labute approximate surface area is 127 Å². The fourth-order valence-corrected chi connectivity index (χ4v) is 2.22. The number of likely N-dealkylation sites (N-methyl/N-ethyl adjacent to an activating group) is 1. The van der Waals surface area contributed by atoms with Crippen molar-refractivity contribution in [3.05, 3.63) is 29.8 Å². The van der Waals surface area contributed by atoms with Crippen molar-refractivity contribution in [3.8, 4) is 0 Å². The van der Waals surface area contributed by atoms with E-state index in [1.165, 1.54) is 6.92 Å². The van der Waals surface area contributed by atoms with E-state index in [1.807, 2.05) is 31.2 Å². The van der Waals surface area contributed by atoms with Crippen molar-refractivity contribution < 1.29 is 9.59 Å². The zero-order chi connectivity index (χ0) is 15.8. The first kappa shape index (κ1) is 17.2. The van der Waals surface area contributed by atoms with Crippen LogP contribution in [0.2, 0.25) is 0 Å². The third-order valence-electron chi connectivity index (χ3n) is 3.61. The standard InChI is InChI=1S/C17H26N2O2/c1-5-7-12-18(4)17(21)13-19(14(3)20)16-11-9-8-10-15(16)6-2/h8-11H,5-7,12-13H2,1-4H3. The van der Waals surface area contributed by atoms with Crippen LogP contribution in [0.25, 0.3) is 0 Å². The van der Waals surface area contributed by atoms with Crippen molar-refractivity contribution in [3.63, 3.8) is 0 Å². The molecule has 0 aromatic heterocycles. The normalized spacial score (nSPS) is 10.3. The number of rotatable bonds is 7. The summed E-state index contributed by atoms with van der Waals surface area (Å²) in [4.78, 5) is 27.5. The number of carbonyl (C=O) groups excluding carboxylic acids is 2. The molecule has 4 heteroatoms. The van der Waals surface area contributed by atoms with E-state index in [9.17, 15) is 9.59 Å². The van der Waals surface area contributed by atoms with Crippen LogP contribution in [0.3, 0.4) is 0 Å². The monoisotopic (exact) mass is 290 g/mol. The molecule has 0 atom stereocenters. The Hall–Kier alpha value is -1.84.